The minimum Gasteiger partial charge on any atom is -0.467 e. The molecule has 3 nitrogen and oxygen atoms in total. The maximum Gasteiger partial charge on any atom is 0.186 e. The Kier molecular flexibility index (Phi) is 3.69. The fourth-order valence-corrected chi connectivity index (χ4v) is 4.06. The maximum atomic E-state index is 6.42. The van der Waals surface area contributed by atoms with Crippen molar-refractivity contribution in [1.82, 2.24) is 10.2 Å². The van der Waals surface area contributed by atoms with Crippen LogP contribution in [0.2, 0.25) is 0 Å². The van der Waals surface area contributed by atoms with E-state index < -0.39 is 5.72 Å². The summed E-state index contributed by atoms with van der Waals surface area (Å²) in [6.45, 7) is 9.69. The van der Waals surface area contributed by atoms with Gasteiger partial charge in [-0.15, -0.1) is 0 Å². The molecule has 21 heavy (non-hydrogen) atoms. The Bertz CT molecular complexity index is 592. The lowest BCUT2D eigenvalue weighted by Crippen LogP contribution is -2.69. The van der Waals surface area contributed by atoms with Gasteiger partial charge in [-0.25, -0.2) is 0 Å². The molecule has 1 aromatic rings. The van der Waals surface area contributed by atoms with E-state index in [2.05, 4.69) is 59.9 Å². The molecule has 2 aliphatic heterocycles. The van der Waals surface area contributed by atoms with Crippen molar-refractivity contribution in [2.75, 3.05) is 6.54 Å². The summed E-state index contributed by atoms with van der Waals surface area (Å²) in [5.41, 5.74) is 0.791. The highest BCUT2D eigenvalue weighted by Crippen LogP contribution is 2.48. The summed E-state index contributed by atoms with van der Waals surface area (Å²) in [5.74, 6) is 1.79. The number of ether oxygens (including phenoxy) is 1. The van der Waals surface area contributed by atoms with Gasteiger partial charge in [-0.2, -0.15) is 0 Å². The normalized spacial score (nSPS) is 30.8. The zero-order chi connectivity index (χ0) is 15.4. The molecule has 3 unspecified atom stereocenters. The van der Waals surface area contributed by atoms with Crippen molar-refractivity contribution in [1.29, 1.82) is 0 Å². The lowest BCUT2D eigenvalue weighted by Gasteiger charge is -2.56. The molecule has 3 atom stereocenters. The molecule has 0 spiro atoms. The number of nitrogens with zero attached hydrogens (tertiary/aromatic N) is 1. The Balaban J connectivity index is 2.07. The van der Waals surface area contributed by atoms with Crippen molar-refractivity contribution in [2.24, 2.45) is 11.8 Å². The number of nitrogens with one attached hydrogen (secondary N) is 1. The predicted octanol–water partition coefficient (Wildman–Crippen LogP) is 4.08. The number of fused-ring (bicyclic) bond motifs is 4. The number of benzene rings is 1. The predicted molar refractivity (Wildman–Crippen MR) is 92.4 cm³/mol. The first-order chi connectivity index (χ1) is 9.83. The van der Waals surface area contributed by atoms with Crippen molar-refractivity contribution in [3.8, 4) is 5.75 Å². The van der Waals surface area contributed by atoms with Crippen LogP contribution in [0.15, 0.2) is 22.7 Å². The van der Waals surface area contributed by atoms with E-state index in [1.54, 1.807) is 0 Å². The van der Waals surface area contributed by atoms with Gasteiger partial charge in [0.05, 0.1) is 6.04 Å². The van der Waals surface area contributed by atoms with Crippen molar-refractivity contribution in [3.63, 3.8) is 0 Å². The van der Waals surface area contributed by atoms with Crippen LogP contribution in [0.4, 0.5) is 0 Å². The molecule has 0 amide bonds. The third-order valence-corrected chi connectivity index (χ3v) is 5.41. The molecule has 1 fully saturated rings. The van der Waals surface area contributed by atoms with Crippen LogP contribution in [-0.2, 0) is 0 Å². The van der Waals surface area contributed by atoms with E-state index in [1.165, 1.54) is 5.56 Å². The smallest absolute Gasteiger partial charge is 0.186 e. The van der Waals surface area contributed by atoms with Crippen molar-refractivity contribution in [2.45, 2.75) is 39.5 Å². The molecule has 1 N–H and O–H groups in total. The molecule has 0 aliphatic carbocycles. The SMILES string of the molecule is CC(C)CN1C(=S)NC2c3cc(Br)ccc3OC1(C)C2C. The Morgan fingerprint density at radius 3 is 2.86 bits per heavy atom. The lowest BCUT2D eigenvalue weighted by atomic mass is 9.80. The summed E-state index contributed by atoms with van der Waals surface area (Å²) in [5, 5.41) is 4.31. The van der Waals surface area contributed by atoms with Crippen molar-refractivity contribution < 1.29 is 4.74 Å². The number of halogens is 1. The van der Waals surface area contributed by atoms with Crippen LogP contribution in [0.25, 0.3) is 0 Å². The van der Waals surface area contributed by atoms with Crippen LogP contribution in [-0.4, -0.2) is 22.3 Å². The molecule has 2 bridgehead atoms. The molecule has 3 rings (SSSR count). The topological polar surface area (TPSA) is 24.5 Å². The van der Waals surface area contributed by atoms with Crippen LogP contribution in [0, 0.1) is 11.8 Å². The molecule has 2 aliphatic rings. The molecule has 0 saturated carbocycles. The quantitative estimate of drug-likeness (QED) is 0.794. The first-order valence-electron chi connectivity index (χ1n) is 7.39. The van der Waals surface area contributed by atoms with Gasteiger partial charge in [0.15, 0.2) is 10.8 Å². The zero-order valence-electron chi connectivity index (χ0n) is 12.8. The molecule has 114 valence electrons. The zero-order valence-corrected chi connectivity index (χ0v) is 15.2. The van der Waals surface area contributed by atoms with Crippen molar-refractivity contribution in [3.05, 3.63) is 28.2 Å². The third kappa shape index (κ3) is 2.34. The van der Waals surface area contributed by atoms with Gasteiger partial charge < -0.3 is 15.0 Å². The average molecular weight is 369 g/mol. The van der Waals surface area contributed by atoms with Gasteiger partial charge in [-0.1, -0.05) is 36.7 Å². The highest BCUT2D eigenvalue weighted by molar-refractivity contribution is 9.10. The minimum absolute atomic E-state index is 0.201. The van der Waals surface area contributed by atoms with Gasteiger partial charge in [-0.05, 0) is 43.3 Å². The largest absolute Gasteiger partial charge is 0.467 e. The Morgan fingerprint density at radius 2 is 2.19 bits per heavy atom. The number of rotatable bonds is 2. The fraction of sp³-hybridized carbons (Fsp3) is 0.562. The van der Waals surface area contributed by atoms with Crippen LogP contribution in [0.3, 0.4) is 0 Å². The summed E-state index contributed by atoms with van der Waals surface area (Å²) >= 11 is 9.16. The first-order valence-corrected chi connectivity index (χ1v) is 8.59. The molecule has 1 saturated heterocycles. The van der Waals surface area contributed by atoms with Gasteiger partial charge in [-0.3, -0.25) is 0 Å². The van der Waals surface area contributed by atoms with Crippen LogP contribution < -0.4 is 10.1 Å². The van der Waals surface area contributed by atoms with Gasteiger partial charge >= 0.3 is 0 Å². The Labute approximate surface area is 140 Å². The van der Waals surface area contributed by atoms with Crippen molar-refractivity contribution >= 4 is 33.3 Å². The molecular formula is C16H21BrN2OS. The average Bonchev–Trinajstić information content (AvgIpc) is 2.40. The molecule has 5 heteroatoms. The number of hydrogen-bond acceptors (Lipinski definition) is 2. The van der Waals surface area contributed by atoms with Gasteiger partial charge in [0, 0.05) is 22.5 Å². The van der Waals surface area contributed by atoms with Crippen LogP contribution in [0.1, 0.15) is 39.3 Å². The highest BCUT2D eigenvalue weighted by atomic mass is 79.9. The summed E-state index contributed by atoms with van der Waals surface area (Å²) in [6, 6.07) is 6.40. The summed E-state index contributed by atoms with van der Waals surface area (Å²) in [7, 11) is 0. The fourth-order valence-electron chi connectivity index (χ4n) is 3.29. The van der Waals surface area contributed by atoms with E-state index in [1.807, 2.05) is 12.1 Å². The van der Waals surface area contributed by atoms with Crippen LogP contribution in [0.5, 0.6) is 5.75 Å². The second kappa shape index (κ2) is 5.13. The standard InChI is InChI=1S/C16H21BrN2OS/c1-9(2)8-19-15(21)18-14-10(3)16(19,4)20-13-6-5-11(17)7-12(13)14/h5-7,9-10,14H,8H2,1-4H3,(H,18,21). The Morgan fingerprint density at radius 1 is 1.48 bits per heavy atom. The maximum absolute atomic E-state index is 6.42. The van der Waals surface area contributed by atoms with Gasteiger partial charge in [0.2, 0.25) is 0 Å². The summed E-state index contributed by atoms with van der Waals surface area (Å²) in [6.07, 6.45) is 0. The van der Waals surface area contributed by atoms with E-state index in [9.17, 15) is 0 Å². The monoisotopic (exact) mass is 368 g/mol. The second-order valence-corrected chi connectivity index (χ2v) is 7.86. The van der Waals surface area contributed by atoms with Crippen LogP contribution >= 0.6 is 28.1 Å². The second-order valence-electron chi connectivity index (χ2n) is 6.56. The third-order valence-electron chi connectivity index (χ3n) is 4.58. The molecule has 0 radical (unpaired) electrons. The molecule has 0 aromatic heterocycles. The molecular weight excluding hydrogens is 348 g/mol. The van der Waals surface area contributed by atoms with E-state index >= 15 is 0 Å². The number of hydrogen-bond donors (Lipinski definition) is 1. The number of thiocarbonyl (C=S) groups is 1. The summed E-state index contributed by atoms with van der Waals surface area (Å²) < 4.78 is 7.49. The van der Waals surface area contributed by atoms with E-state index in [0.29, 0.717) is 11.8 Å². The summed E-state index contributed by atoms with van der Waals surface area (Å²) in [4.78, 5) is 2.21. The van der Waals surface area contributed by atoms with Gasteiger partial charge in [0.25, 0.3) is 0 Å². The molecule has 2 heterocycles. The van der Waals surface area contributed by atoms with E-state index in [0.717, 1.165) is 21.9 Å². The van der Waals surface area contributed by atoms with E-state index in [-0.39, 0.29) is 6.04 Å². The molecule has 1 aromatic carbocycles. The van der Waals surface area contributed by atoms with E-state index in [4.69, 9.17) is 17.0 Å². The first kappa shape index (κ1) is 15.1. The Hall–Kier alpha value is -0.810. The van der Waals surface area contributed by atoms with Gasteiger partial charge in [0.1, 0.15) is 5.75 Å². The highest BCUT2D eigenvalue weighted by Gasteiger charge is 2.53. The minimum atomic E-state index is -0.391. The lowest BCUT2D eigenvalue weighted by molar-refractivity contribution is -0.113.